The van der Waals surface area contributed by atoms with E-state index in [1.807, 2.05) is 55.6 Å². The Morgan fingerprint density at radius 2 is 1.82 bits per heavy atom. The number of ether oxygens (including phenoxy) is 1. The fraction of sp³-hybridized carbons (Fsp3) is 0.438. The highest BCUT2D eigenvalue weighted by atomic mass is 16.5. The molecule has 0 bridgehead atoms. The number of methoxy groups -OCH3 is 1. The number of amides is 1. The zero-order valence-electron chi connectivity index (χ0n) is 23.3. The van der Waals surface area contributed by atoms with Crippen LogP contribution in [0.1, 0.15) is 30.5 Å². The molecular formula is C32H41N5O2. The van der Waals surface area contributed by atoms with Crippen LogP contribution in [0.25, 0.3) is 0 Å². The van der Waals surface area contributed by atoms with Crippen molar-refractivity contribution in [3.63, 3.8) is 0 Å². The van der Waals surface area contributed by atoms with E-state index in [9.17, 15) is 4.79 Å². The first-order valence-electron chi connectivity index (χ1n) is 14.2. The maximum Gasteiger partial charge on any atom is 0.224 e. The van der Waals surface area contributed by atoms with Crippen molar-refractivity contribution in [3.8, 4) is 5.75 Å². The smallest absolute Gasteiger partial charge is 0.224 e. The topological polar surface area (TPSA) is 60.9 Å². The summed E-state index contributed by atoms with van der Waals surface area (Å²) in [7, 11) is 1.74. The van der Waals surface area contributed by atoms with Crippen LogP contribution in [0.3, 0.4) is 0 Å². The Kier molecular flexibility index (Phi) is 9.12. The molecular weight excluding hydrogens is 486 g/mol. The fourth-order valence-corrected chi connectivity index (χ4v) is 6.17. The quantitative estimate of drug-likeness (QED) is 0.430. The highest BCUT2D eigenvalue weighted by Crippen LogP contribution is 2.32. The van der Waals surface area contributed by atoms with Crippen LogP contribution in [0.4, 0.5) is 11.4 Å². The summed E-state index contributed by atoms with van der Waals surface area (Å²) in [6.45, 7) is 8.97. The van der Waals surface area contributed by atoms with E-state index >= 15 is 0 Å². The number of carbonyl (C=O) groups excluding carboxylic acids is 1. The second-order valence-electron chi connectivity index (χ2n) is 10.8. The molecule has 0 saturated carbocycles. The Balaban J connectivity index is 1.23. The number of rotatable bonds is 9. The van der Waals surface area contributed by atoms with E-state index in [4.69, 9.17) is 4.74 Å². The molecule has 0 unspecified atom stereocenters. The van der Waals surface area contributed by atoms with Gasteiger partial charge in [0.15, 0.2) is 0 Å². The Hall–Kier alpha value is -3.42. The molecule has 2 aromatic carbocycles. The van der Waals surface area contributed by atoms with Crippen LogP contribution in [0.2, 0.25) is 0 Å². The Labute approximate surface area is 232 Å². The molecule has 3 heterocycles. The average Bonchev–Trinajstić information content (AvgIpc) is 2.97. The van der Waals surface area contributed by atoms with Gasteiger partial charge in [-0.15, -0.1) is 0 Å². The lowest BCUT2D eigenvalue weighted by Gasteiger charge is -2.47. The number of hydrogen-bond acceptors (Lipinski definition) is 6. The molecule has 7 nitrogen and oxygen atoms in total. The van der Waals surface area contributed by atoms with E-state index in [0.29, 0.717) is 18.4 Å². The lowest BCUT2D eigenvalue weighted by Crippen LogP contribution is -2.56. The highest BCUT2D eigenvalue weighted by molar-refractivity contribution is 5.90. The van der Waals surface area contributed by atoms with Gasteiger partial charge in [-0.05, 0) is 67.6 Å². The van der Waals surface area contributed by atoms with Gasteiger partial charge in [0, 0.05) is 70.2 Å². The number of pyridine rings is 1. The van der Waals surface area contributed by atoms with Crippen LogP contribution in [0.15, 0.2) is 72.9 Å². The number of para-hydroxylation sites is 2. The summed E-state index contributed by atoms with van der Waals surface area (Å²) in [5.41, 5.74) is 4.31. The van der Waals surface area contributed by atoms with Crippen LogP contribution in [0.5, 0.6) is 5.75 Å². The molecule has 206 valence electrons. The Morgan fingerprint density at radius 3 is 2.59 bits per heavy atom. The van der Waals surface area contributed by atoms with Crippen molar-refractivity contribution in [2.24, 2.45) is 5.92 Å². The number of aryl methyl sites for hydroxylation is 1. The first kappa shape index (κ1) is 27.2. The molecule has 2 fully saturated rings. The predicted molar refractivity (Wildman–Crippen MR) is 157 cm³/mol. The van der Waals surface area contributed by atoms with E-state index < -0.39 is 0 Å². The minimum Gasteiger partial charge on any atom is -0.495 e. The van der Waals surface area contributed by atoms with Crippen LogP contribution in [-0.2, 0) is 11.3 Å². The van der Waals surface area contributed by atoms with Crippen molar-refractivity contribution in [2.45, 2.75) is 38.8 Å². The summed E-state index contributed by atoms with van der Waals surface area (Å²) in [6, 6.07) is 22.9. The van der Waals surface area contributed by atoms with Crippen molar-refractivity contribution in [2.75, 3.05) is 56.6 Å². The summed E-state index contributed by atoms with van der Waals surface area (Å²) < 4.78 is 5.62. The van der Waals surface area contributed by atoms with Crippen LogP contribution < -0.4 is 15.0 Å². The average molecular weight is 528 g/mol. The first-order valence-corrected chi connectivity index (χ1v) is 14.2. The highest BCUT2D eigenvalue weighted by Gasteiger charge is 2.35. The number of carbonyl (C=O) groups is 1. The van der Waals surface area contributed by atoms with E-state index in [2.05, 4.69) is 49.3 Å². The second-order valence-corrected chi connectivity index (χ2v) is 10.8. The van der Waals surface area contributed by atoms with Gasteiger partial charge in [-0.25, -0.2) is 0 Å². The van der Waals surface area contributed by atoms with Gasteiger partial charge < -0.3 is 15.0 Å². The minimum absolute atomic E-state index is 0.0993. The largest absolute Gasteiger partial charge is 0.495 e. The summed E-state index contributed by atoms with van der Waals surface area (Å²) in [5.74, 6) is 1.47. The third-order valence-corrected chi connectivity index (χ3v) is 8.14. The maximum absolute atomic E-state index is 12.9. The number of nitrogens with zero attached hydrogens (tertiary/aromatic N) is 4. The molecule has 0 radical (unpaired) electrons. The fourth-order valence-electron chi connectivity index (χ4n) is 6.17. The van der Waals surface area contributed by atoms with Gasteiger partial charge in [-0.1, -0.05) is 30.3 Å². The number of piperazine rings is 1. The Morgan fingerprint density at radius 1 is 1.00 bits per heavy atom. The summed E-state index contributed by atoms with van der Waals surface area (Å²) >= 11 is 0. The number of nitrogens with one attached hydrogen (secondary N) is 1. The summed E-state index contributed by atoms with van der Waals surface area (Å²) in [6.07, 6.45) is 4.41. The number of hydrogen-bond donors (Lipinski definition) is 1. The molecule has 7 heteroatoms. The van der Waals surface area contributed by atoms with Crippen molar-refractivity contribution >= 4 is 17.3 Å². The molecule has 1 aromatic heterocycles. The molecule has 39 heavy (non-hydrogen) atoms. The number of anilines is 2. The van der Waals surface area contributed by atoms with Gasteiger partial charge in [-0.2, -0.15) is 0 Å². The number of aromatic nitrogens is 1. The van der Waals surface area contributed by atoms with Gasteiger partial charge in [-0.3, -0.25) is 19.6 Å². The predicted octanol–water partition coefficient (Wildman–Crippen LogP) is 4.83. The van der Waals surface area contributed by atoms with Crippen molar-refractivity contribution < 1.29 is 9.53 Å². The van der Waals surface area contributed by atoms with Crippen molar-refractivity contribution in [1.29, 1.82) is 0 Å². The van der Waals surface area contributed by atoms with Gasteiger partial charge in [0.1, 0.15) is 5.75 Å². The summed E-state index contributed by atoms with van der Waals surface area (Å²) in [5, 5.41) is 3.11. The van der Waals surface area contributed by atoms with Crippen molar-refractivity contribution in [3.05, 3.63) is 84.2 Å². The zero-order chi connectivity index (χ0) is 27.0. The molecule has 2 atom stereocenters. The van der Waals surface area contributed by atoms with E-state index in [1.165, 1.54) is 5.69 Å². The standard InChI is InChI=1S/C32H41N5O2/c1-25-8-7-10-27(22-25)34-32(38)14-13-26-23-35(24-28-9-5-6-16-33-28)17-15-29(26)36-18-20-37(21-19-36)30-11-3-4-12-31(30)39-2/h3-12,16,22,26,29H,13-15,17-21,23-24H2,1-2H3,(H,34,38)/t26-,29+/m0/s1. The molecule has 2 aliphatic heterocycles. The third kappa shape index (κ3) is 7.16. The van der Waals surface area contributed by atoms with E-state index in [-0.39, 0.29) is 5.91 Å². The number of likely N-dealkylation sites (tertiary alicyclic amines) is 1. The molecule has 3 aromatic rings. The monoisotopic (exact) mass is 527 g/mol. The van der Waals surface area contributed by atoms with Gasteiger partial charge in [0.05, 0.1) is 18.5 Å². The molecule has 1 N–H and O–H groups in total. The maximum atomic E-state index is 12.9. The SMILES string of the molecule is COc1ccccc1N1CCN([C@@H]2CCN(Cc3ccccn3)C[C@@H]2CCC(=O)Nc2cccc(C)c2)CC1. The molecule has 2 saturated heterocycles. The normalized spacial score (nSPS) is 20.5. The number of benzene rings is 2. The first-order chi connectivity index (χ1) is 19.1. The third-order valence-electron chi connectivity index (χ3n) is 8.14. The Bertz CT molecular complexity index is 1210. The van der Waals surface area contributed by atoms with Crippen molar-refractivity contribution in [1.82, 2.24) is 14.8 Å². The van der Waals surface area contributed by atoms with Gasteiger partial charge >= 0.3 is 0 Å². The molecule has 2 aliphatic rings. The molecule has 5 rings (SSSR count). The van der Waals surface area contributed by atoms with Gasteiger partial charge in [0.25, 0.3) is 0 Å². The van der Waals surface area contributed by atoms with E-state index in [0.717, 1.165) is 81.3 Å². The van der Waals surface area contributed by atoms with Crippen LogP contribution in [0, 0.1) is 12.8 Å². The lowest BCUT2D eigenvalue weighted by molar-refractivity contribution is -0.116. The van der Waals surface area contributed by atoms with Gasteiger partial charge in [0.2, 0.25) is 5.91 Å². The minimum atomic E-state index is 0.0993. The summed E-state index contributed by atoms with van der Waals surface area (Å²) in [4.78, 5) is 25.1. The molecule has 1 amide bonds. The zero-order valence-corrected chi connectivity index (χ0v) is 23.3. The second kappa shape index (κ2) is 13.1. The molecule has 0 spiro atoms. The van der Waals surface area contributed by atoms with E-state index in [1.54, 1.807) is 7.11 Å². The van der Waals surface area contributed by atoms with Crippen LogP contribution >= 0.6 is 0 Å². The molecule has 0 aliphatic carbocycles. The number of piperidine rings is 1. The lowest BCUT2D eigenvalue weighted by atomic mass is 9.86. The van der Waals surface area contributed by atoms with Crippen LogP contribution in [-0.4, -0.2) is 73.1 Å².